The summed E-state index contributed by atoms with van der Waals surface area (Å²) in [4.78, 5) is 32.2. The summed E-state index contributed by atoms with van der Waals surface area (Å²) in [6.45, 7) is 2.81. The first-order chi connectivity index (χ1) is 17.0. The Kier molecular flexibility index (Phi) is 6.27. The molecule has 1 aromatic heterocycles. The summed E-state index contributed by atoms with van der Waals surface area (Å²) < 4.78 is 18.4. The molecule has 1 aliphatic rings. The number of carbonyl (C=O) groups excluding carboxylic acids is 2. The van der Waals surface area contributed by atoms with Crippen molar-refractivity contribution in [3.8, 4) is 11.4 Å². The number of aromatic nitrogens is 2. The molecule has 5 rings (SSSR count). The molecular formula is C27H25FN4O3. The molecule has 0 radical (unpaired) electrons. The van der Waals surface area contributed by atoms with Gasteiger partial charge in [-0.05, 0) is 60.9 Å². The first-order valence-corrected chi connectivity index (χ1v) is 11.7. The zero-order valence-electron chi connectivity index (χ0n) is 19.3. The lowest BCUT2D eigenvalue weighted by Gasteiger charge is -2.32. The van der Waals surface area contributed by atoms with E-state index in [4.69, 9.17) is 4.52 Å². The zero-order chi connectivity index (χ0) is 24.4. The number of nitrogens with zero attached hydrogens (tertiary/aromatic N) is 3. The van der Waals surface area contributed by atoms with Crippen molar-refractivity contribution in [2.45, 2.75) is 25.8 Å². The van der Waals surface area contributed by atoms with E-state index in [1.165, 1.54) is 12.1 Å². The van der Waals surface area contributed by atoms with Crippen LogP contribution in [0.3, 0.4) is 0 Å². The second-order valence-corrected chi connectivity index (χ2v) is 8.79. The smallest absolute Gasteiger partial charge is 0.254 e. The van der Waals surface area contributed by atoms with Gasteiger partial charge in [0.25, 0.3) is 5.91 Å². The van der Waals surface area contributed by atoms with E-state index >= 15 is 0 Å². The largest absolute Gasteiger partial charge is 0.344 e. The van der Waals surface area contributed by atoms with Gasteiger partial charge in [0, 0.05) is 30.1 Å². The molecule has 4 aromatic rings. The predicted molar refractivity (Wildman–Crippen MR) is 129 cm³/mol. The molecule has 178 valence electrons. The van der Waals surface area contributed by atoms with Gasteiger partial charge in [-0.1, -0.05) is 41.6 Å². The molecule has 8 heteroatoms. The molecule has 0 bridgehead atoms. The summed E-state index contributed by atoms with van der Waals surface area (Å²) in [7, 11) is 0. The van der Waals surface area contributed by atoms with E-state index in [1.807, 2.05) is 47.4 Å². The number of rotatable bonds is 5. The number of halogens is 1. The SMILES string of the molecule is CC(NC(=O)C1CCN(C(=O)c2cccc3ccccc23)CC1)c1nc(-c2ccc(F)cc2)no1. The second-order valence-electron chi connectivity index (χ2n) is 8.79. The van der Waals surface area contributed by atoms with E-state index in [2.05, 4.69) is 15.5 Å². The first kappa shape index (κ1) is 22.7. The second kappa shape index (κ2) is 9.66. The van der Waals surface area contributed by atoms with Crippen LogP contribution in [0, 0.1) is 11.7 Å². The number of amides is 2. The van der Waals surface area contributed by atoms with Crippen molar-refractivity contribution in [3.05, 3.63) is 84.0 Å². The van der Waals surface area contributed by atoms with Crippen molar-refractivity contribution in [2.24, 2.45) is 5.92 Å². The molecule has 35 heavy (non-hydrogen) atoms. The minimum Gasteiger partial charge on any atom is -0.344 e. The highest BCUT2D eigenvalue weighted by Crippen LogP contribution is 2.25. The highest BCUT2D eigenvalue weighted by Gasteiger charge is 2.30. The van der Waals surface area contributed by atoms with Gasteiger partial charge < -0.3 is 14.7 Å². The van der Waals surface area contributed by atoms with Gasteiger partial charge in [0.2, 0.25) is 17.6 Å². The standard InChI is InChI=1S/C27H25FN4O3/c1-17(26-30-24(31-35-26)19-9-11-21(28)12-10-19)29-25(33)20-13-15-32(16-14-20)27(34)23-8-4-6-18-5-2-3-7-22(18)23/h2-12,17,20H,13-16H2,1H3,(H,29,33). The van der Waals surface area contributed by atoms with E-state index in [-0.39, 0.29) is 29.4 Å². The van der Waals surface area contributed by atoms with Crippen molar-refractivity contribution < 1.29 is 18.5 Å². The van der Waals surface area contributed by atoms with Crippen LogP contribution in [0.2, 0.25) is 0 Å². The molecule has 0 spiro atoms. The molecule has 2 amide bonds. The van der Waals surface area contributed by atoms with E-state index in [0.717, 1.165) is 10.8 Å². The molecule has 1 atom stereocenters. The Hall–Kier alpha value is -4.07. The first-order valence-electron chi connectivity index (χ1n) is 11.7. The van der Waals surface area contributed by atoms with Crippen molar-refractivity contribution in [1.82, 2.24) is 20.4 Å². The van der Waals surface area contributed by atoms with Gasteiger partial charge in [0.1, 0.15) is 11.9 Å². The van der Waals surface area contributed by atoms with Crippen molar-refractivity contribution in [1.29, 1.82) is 0 Å². The number of carbonyl (C=O) groups is 2. The fourth-order valence-corrected chi connectivity index (χ4v) is 4.45. The van der Waals surface area contributed by atoms with Crippen LogP contribution in [-0.2, 0) is 4.79 Å². The zero-order valence-corrected chi connectivity index (χ0v) is 19.3. The molecule has 3 aromatic carbocycles. The molecule has 1 fully saturated rings. The van der Waals surface area contributed by atoms with Crippen LogP contribution < -0.4 is 5.32 Å². The lowest BCUT2D eigenvalue weighted by molar-refractivity contribution is -0.127. The number of hydrogen-bond acceptors (Lipinski definition) is 5. The Labute approximate surface area is 201 Å². The van der Waals surface area contributed by atoms with Crippen molar-refractivity contribution in [3.63, 3.8) is 0 Å². The Morgan fingerprint density at radius 3 is 2.51 bits per heavy atom. The van der Waals surface area contributed by atoms with Gasteiger partial charge in [0.05, 0.1) is 0 Å². The lowest BCUT2D eigenvalue weighted by atomic mass is 9.94. The quantitative estimate of drug-likeness (QED) is 0.453. The predicted octanol–water partition coefficient (Wildman–Crippen LogP) is 4.76. The highest BCUT2D eigenvalue weighted by atomic mass is 19.1. The number of nitrogens with one attached hydrogen (secondary N) is 1. The monoisotopic (exact) mass is 472 g/mol. The van der Waals surface area contributed by atoms with Crippen LogP contribution in [0.5, 0.6) is 0 Å². The summed E-state index contributed by atoms with van der Waals surface area (Å²) in [5.74, 6) is -0.0384. The molecule has 1 aliphatic heterocycles. The van der Waals surface area contributed by atoms with Gasteiger partial charge >= 0.3 is 0 Å². The number of fused-ring (bicyclic) bond motifs is 1. The lowest BCUT2D eigenvalue weighted by Crippen LogP contribution is -2.43. The molecule has 1 saturated heterocycles. The maximum Gasteiger partial charge on any atom is 0.254 e. The summed E-state index contributed by atoms with van der Waals surface area (Å²) in [6, 6.07) is 18.9. The minimum atomic E-state index is -0.473. The van der Waals surface area contributed by atoms with Crippen LogP contribution in [0.15, 0.2) is 71.3 Å². The maximum absolute atomic E-state index is 13.2. The maximum atomic E-state index is 13.2. The third-order valence-electron chi connectivity index (χ3n) is 6.45. The third kappa shape index (κ3) is 4.77. The molecule has 1 N–H and O–H groups in total. The van der Waals surface area contributed by atoms with Gasteiger partial charge in [-0.2, -0.15) is 4.98 Å². The van der Waals surface area contributed by atoms with Crippen LogP contribution in [0.1, 0.15) is 42.1 Å². The summed E-state index contributed by atoms with van der Waals surface area (Å²) in [5, 5.41) is 8.84. The van der Waals surface area contributed by atoms with E-state index in [1.54, 1.807) is 19.1 Å². The average Bonchev–Trinajstić information content (AvgIpc) is 3.39. The van der Waals surface area contributed by atoms with E-state index in [0.29, 0.717) is 42.9 Å². The molecule has 7 nitrogen and oxygen atoms in total. The minimum absolute atomic E-state index is 0.00629. The Morgan fingerprint density at radius 1 is 1.03 bits per heavy atom. The normalized spacial score (nSPS) is 15.2. The van der Waals surface area contributed by atoms with Crippen molar-refractivity contribution >= 4 is 22.6 Å². The van der Waals surface area contributed by atoms with Gasteiger partial charge in [0.15, 0.2) is 0 Å². The van der Waals surface area contributed by atoms with Gasteiger partial charge in [-0.25, -0.2) is 4.39 Å². The van der Waals surface area contributed by atoms with E-state index in [9.17, 15) is 14.0 Å². The molecule has 1 unspecified atom stereocenters. The van der Waals surface area contributed by atoms with Gasteiger partial charge in [-0.3, -0.25) is 9.59 Å². The highest BCUT2D eigenvalue weighted by molar-refractivity contribution is 6.07. The van der Waals surface area contributed by atoms with Crippen molar-refractivity contribution in [2.75, 3.05) is 13.1 Å². The fraction of sp³-hybridized carbons (Fsp3) is 0.259. The Morgan fingerprint density at radius 2 is 1.74 bits per heavy atom. The van der Waals surface area contributed by atoms with Crippen LogP contribution >= 0.6 is 0 Å². The topological polar surface area (TPSA) is 88.3 Å². The number of piperidine rings is 1. The number of hydrogen-bond donors (Lipinski definition) is 1. The summed E-state index contributed by atoms with van der Waals surface area (Å²) >= 11 is 0. The third-order valence-corrected chi connectivity index (χ3v) is 6.45. The molecule has 2 heterocycles. The Bertz CT molecular complexity index is 1360. The summed E-state index contributed by atoms with van der Waals surface area (Å²) in [5.41, 5.74) is 1.32. The number of benzene rings is 3. The van der Waals surface area contributed by atoms with Crippen LogP contribution in [0.4, 0.5) is 4.39 Å². The van der Waals surface area contributed by atoms with Gasteiger partial charge in [-0.15, -0.1) is 0 Å². The Balaban J connectivity index is 1.18. The molecular weight excluding hydrogens is 447 g/mol. The van der Waals surface area contributed by atoms with E-state index < -0.39 is 6.04 Å². The molecule has 0 saturated carbocycles. The average molecular weight is 473 g/mol. The fourth-order valence-electron chi connectivity index (χ4n) is 4.45. The summed E-state index contributed by atoms with van der Waals surface area (Å²) in [6.07, 6.45) is 1.17. The van der Waals surface area contributed by atoms with Crippen LogP contribution in [0.25, 0.3) is 22.2 Å². The number of likely N-dealkylation sites (tertiary alicyclic amines) is 1. The molecule has 0 aliphatic carbocycles. The van der Waals surface area contributed by atoms with Crippen LogP contribution in [-0.4, -0.2) is 39.9 Å².